The van der Waals surface area contributed by atoms with E-state index in [0.717, 1.165) is 17.6 Å². The van der Waals surface area contributed by atoms with Crippen LogP contribution < -0.4 is 0 Å². The van der Waals surface area contributed by atoms with Crippen LogP contribution in [0, 0.1) is 6.92 Å². The zero-order valence-corrected chi connectivity index (χ0v) is 14.7. The fraction of sp³-hybridized carbons (Fsp3) is 0.200. The molecule has 1 heterocycles. The lowest BCUT2D eigenvalue weighted by Crippen LogP contribution is -2.15. The first-order valence-electron chi connectivity index (χ1n) is 6.45. The van der Waals surface area contributed by atoms with E-state index in [4.69, 9.17) is 16.3 Å². The number of thiophene rings is 1. The van der Waals surface area contributed by atoms with Crippen LogP contribution in [0.4, 0.5) is 0 Å². The molecule has 0 saturated heterocycles. The Labute approximate surface area is 142 Å². The summed E-state index contributed by atoms with van der Waals surface area (Å²) in [5, 5.41) is 0. The number of sulfone groups is 1. The van der Waals surface area contributed by atoms with Gasteiger partial charge in [-0.1, -0.05) is 17.7 Å². The Morgan fingerprint density at radius 1 is 1.22 bits per heavy atom. The fourth-order valence-electron chi connectivity index (χ4n) is 1.80. The number of hydrogen-bond donors (Lipinski definition) is 0. The zero-order chi connectivity index (χ0) is 17.2. The van der Waals surface area contributed by atoms with E-state index in [1.165, 1.54) is 18.2 Å². The maximum atomic E-state index is 12.1. The monoisotopic (exact) mass is 372 g/mol. The molecule has 1 aromatic carbocycles. The number of benzene rings is 1. The summed E-state index contributed by atoms with van der Waals surface area (Å²) in [5.74, 6) is -1.11. The van der Waals surface area contributed by atoms with Gasteiger partial charge in [0.25, 0.3) is 0 Å². The number of carbonyl (C=O) groups excluding carboxylic acids is 2. The molecule has 0 radical (unpaired) electrons. The second-order valence-electron chi connectivity index (χ2n) is 4.85. The van der Waals surface area contributed by atoms with E-state index in [1.54, 1.807) is 19.1 Å². The van der Waals surface area contributed by atoms with E-state index in [2.05, 4.69) is 0 Å². The van der Waals surface area contributed by atoms with E-state index in [-0.39, 0.29) is 16.2 Å². The minimum absolute atomic E-state index is 0.0198. The van der Waals surface area contributed by atoms with Gasteiger partial charge in [-0.15, -0.1) is 11.3 Å². The van der Waals surface area contributed by atoms with Gasteiger partial charge >= 0.3 is 5.97 Å². The SMILES string of the molecule is Cc1ccc(S(C)(=O)=O)cc1C(=O)OCC(=O)c1ccc(Cl)s1. The van der Waals surface area contributed by atoms with Gasteiger partial charge in [0.15, 0.2) is 16.4 Å². The third-order valence-electron chi connectivity index (χ3n) is 3.04. The molecule has 0 aliphatic heterocycles. The number of hydrogen-bond acceptors (Lipinski definition) is 6. The van der Waals surface area contributed by atoms with Gasteiger partial charge in [0.2, 0.25) is 5.78 Å². The van der Waals surface area contributed by atoms with Crippen LogP contribution in [-0.4, -0.2) is 33.0 Å². The minimum atomic E-state index is -3.43. The Hall–Kier alpha value is -1.70. The summed E-state index contributed by atoms with van der Waals surface area (Å²) in [7, 11) is -3.43. The predicted octanol–water partition coefficient (Wildman–Crippen LogP) is 3.15. The van der Waals surface area contributed by atoms with Crippen molar-refractivity contribution in [1.82, 2.24) is 0 Å². The van der Waals surface area contributed by atoms with Gasteiger partial charge in [-0.3, -0.25) is 4.79 Å². The van der Waals surface area contributed by atoms with Crippen LogP contribution in [-0.2, 0) is 14.6 Å². The van der Waals surface area contributed by atoms with E-state index >= 15 is 0 Å². The van der Waals surface area contributed by atoms with Gasteiger partial charge in [0, 0.05) is 6.26 Å². The van der Waals surface area contributed by atoms with Crippen molar-refractivity contribution in [3.63, 3.8) is 0 Å². The summed E-state index contributed by atoms with van der Waals surface area (Å²) in [6.07, 6.45) is 1.05. The van der Waals surface area contributed by atoms with Crippen LogP contribution >= 0.6 is 22.9 Å². The number of aryl methyl sites for hydroxylation is 1. The van der Waals surface area contributed by atoms with E-state index < -0.39 is 22.4 Å². The summed E-state index contributed by atoms with van der Waals surface area (Å²) >= 11 is 6.84. The van der Waals surface area contributed by atoms with Crippen molar-refractivity contribution in [2.75, 3.05) is 12.9 Å². The molecule has 0 aliphatic rings. The standard InChI is InChI=1S/C15H13ClO5S2/c1-9-3-4-10(23(2,19)20)7-11(9)15(18)21-8-12(17)13-5-6-14(16)22-13/h3-7H,8H2,1-2H3. The molecule has 8 heteroatoms. The Balaban J connectivity index is 2.13. The quantitative estimate of drug-likeness (QED) is 0.595. The van der Waals surface area contributed by atoms with Crippen molar-refractivity contribution in [1.29, 1.82) is 0 Å². The van der Waals surface area contributed by atoms with Gasteiger partial charge in [0.05, 0.1) is 19.7 Å². The topological polar surface area (TPSA) is 77.5 Å². The first kappa shape index (κ1) is 17.7. The minimum Gasteiger partial charge on any atom is -0.454 e. The normalized spacial score (nSPS) is 11.3. The number of halogens is 1. The van der Waals surface area contributed by atoms with Crippen LogP contribution in [0.3, 0.4) is 0 Å². The average Bonchev–Trinajstić information content (AvgIpc) is 2.90. The molecule has 122 valence electrons. The Morgan fingerprint density at radius 2 is 1.91 bits per heavy atom. The average molecular weight is 373 g/mol. The third kappa shape index (κ3) is 4.40. The molecule has 0 bridgehead atoms. The molecular weight excluding hydrogens is 360 g/mol. The van der Waals surface area contributed by atoms with Crippen molar-refractivity contribution < 1.29 is 22.7 Å². The summed E-state index contributed by atoms with van der Waals surface area (Å²) in [4.78, 5) is 24.4. The van der Waals surface area contributed by atoms with E-state index in [1.807, 2.05) is 0 Å². The first-order chi connectivity index (χ1) is 10.7. The molecule has 5 nitrogen and oxygen atoms in total. The highest BCUT2D eigenvalue weighted by Crippen LogP contribution is 2.22. The highest BCUT2D eigenvalue weighted by atomic mass is 35.5. The molecule has 0 atom stereocenters. The number of Topliss-reactive ketones (excluding diaryl/α,β-unsaturated/α-hetero) is 1. The summed E-state index contributed by atoms with van der Waals surface area (Å²) in [6, 6.07) is 7.33. The van der Waals surface area contributed by atoms with Crippen molar-refractivity contribution in [2.24, 2.45) is 0 Å². The smallest absolute Gasteiger partial charge is 0.338 e. The highest BCUT2D eigenvalue weighted by Gasteiger charge is 2.17. The molecule has 0 spiro atoms. The van der Waals surface area contributed by atoms with E-state index in [0.29, 0.717) is 14.8 Å². The third-order valence-corrected chi connectivity index (χ3v) is 5.42. The summed E-state index contributed by atoms with van der Waals surface area (Å²) in [5.41, 5.74) is 0.680. The molecule has 0 saturated carbocycles. The summed E-state index contributed by atoms with van der Waals surface area (Å²) in [6.45, 7) is 1.22. The molecule has 0 aliphatic carbocycles. The van der Waals surface area contributed by atoms with Crippen LogP contribution in [0.15, 0.2) is 35.2 Å². The molecular formula is C15H13ClO5S2. The van der Waals surface area contributed by atoms with Crippen LogP contribution in [0.1, 0.15) is 25.6 Å². The fourth-order valence-corrected chi connectivity index (χ4v) is 3.41. The van der Waals surface area contributed by atoms with Gasteiger partial charge in [-0.25, -0.2) is 13.2 Å². The van der Waals surface area contributed by atoms with Crippen molar-refractivity contribution in [2.45, 2.75) is 11.8 Å². The molecule has 0 N–H and O–H groups in total. The lowest BCUT2D eigenvalue weighted by atomic mass is 10.1. The van der Waals surface area contributed by atoms with Crippen LogP contribution in [0.5, 0.6) is 0 Å². The molecule has 2 rings (SSSR count). The number of esters is 1. The molecule has 23 heavy (non-hydrogen) atoms. The van der Waals surface area contributed by atoms with Gasteiger partial charge in [0.1, 0.15) is 0 Å². The highest BCUT2D eigenvalue weighted by molar-refractivity contribution is 7.90. The van der Waals surface area contributed by atoms with Gasteiger partial charge in [-0.2, -0.15) is 0 Å². The lowest BCUT2D eigenvalue weighted by Gasteiger charge is -2.08. The number of carbonyl (C=O) groups is 2. The van der Waals surface area contributed by atoms with Crippen LogP contribution in [0.25, 0.3) is 0 Å². The molecule has 0 unspecified atom stereocenters. The maximum Gasteiger partial charge on any atom is 0.338 e. The van der Waals surface area contributed by atoms with Crippen molar-refractivity contribution in [3.05, 3.63) is 50.7 Å². The molecule has 0 fully saturated rings. The molecule has 1 aromatic heterocycles. The largest absolute Gasteiger partial charge is 0.454 e. The summed E-state index contributed by atoms with van der Waals surface area (Å²) < 4.78 is 28.6. The number of rotatable bonds is 5. The van der Waals surface area contributed by atoms with E-state index in [9.17, 15) is 18.0 Å². The second-order valence-corrected chi connectivity index (χ2v) is 8.58. The molecule has 0 amide bonds. The van der Waals surface area contributed by atoms with Crippen molar-refractivity contribution in [3.8, 4) is 0 Å². The van der Waals surface area contributed by atoms with Crippen molar-refractivity contribution >= 4 is 44.5 Å². The number of ether oxygens (including phenoxy) is 1. The zero-order valence-electron chi connectivity index (χ0n) is 12.3. The lowest BCUT2D eigenvalue weighted by molar-refractivity contribution is 0.0475. The van der Waals surface area contributed by atoms with Crippen LogP contribution in [0.2, 0.25) is 4.34 Å². The first-order valence-corrected chi connectivity index (χ1v) is 9.53. The molecule has 2 aromatic rings. The predicted molar refractivity (Wildman–Crippen MR) is 88.2 cm³/mol. The number of ketones is 1. The second kappa shape index (κ2) is 6.82. The maximum absolute atomic E-state index is 12.1. The Bertz CT molecular complexity index is 868. The Morgan fingerprint density at radius 3 is 2.48 bits per heavy atom. The van der Waals surface area contributed by atoms with Gasteiger partial charge < -0.3 is 4.74 Å². The Kier molecular flexibility index (Phi) is 5.23. The van der Waals surface area contributed by atoms with Gasteiger partial charge in [-0.05, 0) is 36.8 Å².